The van der Waals surface area contributed by atoms with E-state index >= 15 is 0 Å². The summed E-state index contributed by atoms with van der Waals surface area (Å²) in [7, 11) is 0. The van der Waals surface area contributed by atoms with Gasteiger partial charge in [0.15, 0.2) is 5.76 Å². The highest BCUT2D eigenvalue weighted by Gasteiger charge is 2.35. The number of unbranched alkanes of at least 4 members (excludes halogenated alkanes) is 2. The summed E-state index contributed by atoms with van der Waals surface area (Å²) in [6.45, 7) is 8.99. The molecule has 3 amide bonds. The Morgan fingerprint density at radius 2 is 1.94 bits per heavy atom. The summed E-state index contributed by atoms with van der Waals surface area (Å²) in [5.74, 6) is -2.20. The minimum atomic E-state index is -0.800. The number of primary amides is 1. The minimum absolute atomic E-state index is 0.0106. The van der Waals surface area contributed by atoms with E-state index in [1.807, 2.05) is 6.92 Å². The summed E-state index contributed by atoms with van der Waals surface area (Å²) < 4.78 is 5.06. The zero-order valence-electron chi connectivity index (χ0n) is 19.1. The van der Waals surface area contributed by atoms with Crippen molar-refractivity contribution >= 4 is 24.2 Å². The second-order valence-corrected chi connectivity index (χ2v) is 8.53. The predicted molar refractivity (Wildman–Crippen MR) is 114 cm³/mol. The van der Waals surface area contributed by atoms with Crippen LogP contribution in [-0.2, 0) is 25.8 Å². The topological polar surface area (TPSA) is 132 Å². The normalized spacial score (nSPS) is 13.2. The van der Waals surface area contributed by atoms with Crippen LogP contribution in [0.3, 0.4) is 0 Å². The first-order chi connectivity index (χ1) is 14.6. The maximum Gasteiger partial charge on any atom is 0.337 e. The third-order valence-electron chi connectivity index (χ3n) is 4.99. The van der Waals surface area contributed by atoms with Gasteiger partial charge in [-0.2, -0.15) is 5.06 Å². The molecule has 0 aliphatic rings. The summed E-state index contributed by atoms with van der Waals surface area (Å²) >= 11 is 0. The Morgan fingerprint density at radius 3 is 2.45 bits per heavy atom. The molecule has 1 aromatic rings. The molecule has 0 radical (unpaired) electrons. The number of hydroxylamine groups is 2. The Balaban J connectivity index is 3.02. The fraction of sp³-hybridized carbons (Fsp3) is 0.636. The fourth-order valence-electron chi connectivity index (χ4n) is 3.16. The fourth-order valence-corrected chi connectivity index (χ4v) is 3.16. The Labute approximate surface area is 183 Å². The summed E-state index contributed by atoms with van der Waals surface area (Å²) in [5.41, 5.74) is 4.94. The van der Waals surface area contributed by atoms with E-state index in [2.05, 4.69) is 12.2 Å². The van der Waals surface area contributed by atoms with Crippen molar-refractivity contribution in [1.29, 1.82) is 0 Å². The number of amides is 3. The van der Waals surface area contributed by atoms with E-state index in [9.17, 15) is 19.2 Å². The Bertz CT molecular complexity index is 753. The van der Waals surface area contributed by atoms with Crippen molar-refractivity contribution in [1.82, 2.24) is 10.4 Å². The average molecular weight is 438 g/mol. The van der Waals surface area contributed by atoms with Crippen molar-refractivity contribution in [3.05, 3.63) is 23.7 Å². The van der Waals surface area contributed by atoms with Crippen LogP contribution in [0.2, 0.25) is 0 Å². The Hall–Kier alpha value is -2.84. The van der Waals surface area contributed by atoms with Crippen LogP contribution >= 0.6 is 0 Å². The summed E-state index contributed by atoms with van der Waals surface area (Å²) in [6.07, 6.45) is 5.38. The van der Waals surface area contributed by atoms with Gasteiger partial charge in [-0.25, -0.2) is 4.79 Å². The molecule has 31 heavy (non-hydrogen) atoms. The standard InChI is InChI=1S/C22H35N3O6/c1-6-8-9-10-16(17(7-2)25(14-26)31-21(29)22(3,4)5)20(28)24-13-15-11-12-30-18(15)19(23)27/h11-12,14,16-17H,6-10,13H2,1-5H3,(H2,23,27)(H,24,28)/t16-,17-/m1/s1. The van der Waals surface area contributed by atoms with Crippen molar-refractivity contribution in [3.63, 3.8) is 0 Å². The first-order valence-electron chi connectivity index (χ1n) is 10.7. The highest BCUT2D eigenvalue weighted by molar-refractivity contribution is 5.91. The molecule has 9 heteroatoms. The lowest BCUT2D eigenvalue weighted by Crippen LogP contribution is -2.48. The average Bonchev–Trinajstić information content (AvgIpc) is 3.18. The van der Waals surface area contributed by atoms with E-state index in [0.717, 1.165) is 24.3 Å². The first kappa shape index (κ1) is 26.2. The van der Waals surface area contributed by atoms with Gasteiger partial charge in [-0.15, -0.1) is 0 Å². The van der Waals surface area contributed by atoms with Crippen LogP contribution in [0.5, 0.6) is 0 Å². The number of furan rings is 1. The van der Waals surface area contributed by atoms with Crippen molar-refractivity contribution in [2.24, 2.45) is 17.1 Å². The molecule has 9 nitrogen and oxygen atoms in total. The zero-order chi connectivity index (χ0) is 23.6. The van der Waals surface area contributed by atoms with Gasteiger partial charge in [0.25, 0.3) is 5.91 Å². The predicted octanol–water partition coefficient (Wildman–Crippen LogP) is 2.93. The highest BCUT2D eigenvalue weighted by atomic mass is 16.7. The van der Waals surface area contributed by atoms with Gasteiger partial charge < -0.3 is 20.3 Å². The molecule has 0 aliphatic carbocycles. The van der Waals surface area contributed by atoms with Crippen LogP contribution in [0.25, 0.3) is 0 Å². The highest BCUT2D eigenvalue weighted by Crippen LogP contribution is 2.24. The van der Waals surface area contributed by atoms with Crippen molar-refractivity contribution in [2.75, 3.05) is 0 Å². The van der Waals surface area contributed by atoms with Crippen LogP contribution in [0.4, 0.5) is 0 Å². The lowest BCUT2D eigenvalue weighted by atomic mass is 9.90. The van der Waals surface area contributed by atoms with Gasteiger partial charge in [0, 0.05) is 12.1 Å². The molecule has 1 heterocycles. The number of rotatable bonds is 13. The molecule has 1 rings (SSSR count). The molecule has 174 valence electrons. The van der Waals surface area contributed by atoms with Gasteiger partial charge >= 0.3 is 5.97 Å². The minimum Gasteiger partial charge on any atom is -0.459 e. The molecule has 0 aliphatic heterocycles. The lowest BCUT2D eigenvalue weighted by Gasteiger charge is -2.33. The summed E-state index contributed by atoms with van der Waals surface area (Å²) in [4.78, 5) is 53.9. The molecule has 2 atom stereocenters. The molecule has 0 bridgehead atoms. The molecule has 0 fully saturated rings. The second-order valence-electron chi connectivity index (χ2n) is 8.53. The van der Waals surface area contributed by atoms with Gasteiger partial charge in [-0.05, 0) is 39.7 Å². The lowest BCUT2D eigenvalue weighted by molar-refractivity contribution is -0.211. The quantitative estimate of drug-likeness (QED) is 0.277. The van der Waals surface area contributed by atoms with Gasteiger partial charge in [0.2, 0.25) is 12.3 Å². The van der Waals surface area contributed by atoms with Crippen LogP contribution in [0, 0.1) is 11.3 Å². The maximum absolute atomic E-state index is 13.1. The molecule has 0 unspecified atom stereocenters. The molecule has 0 saturated heterocycles. The van der Waals surface area contributed by atoms with Gasteiger partial charge in [0.1, 0.15) is 0 Å². The van der Waals surface area contributed by atoms with Crippen molar-refractivity contribution < 1.29 is 28.4 Å². The second kappa shape index (κ2) is 12.1. The number of hydrogen-bond donors (Lipinski definition) is 2. The van der Waals surface area contributed by atoms with Crippen LogP contribution in [0.1, 0.15) is 82.8 Å². The molecule has 0 spiro atoms. The Morgan fingerprint density at radius 1 is 1.26 bits per heavy atom. The number of nitrogens with two attached hydrogens (primary N) is 1. The van der Waals surface area contributed by atoms with E-state index < -0.39 is 29.3 Å². The molecule has 3 N–H and O–H groups in total. The third kappa shape index (κ3) is 7.73. The SMILES string of the molecule is CCCCC[C@@H](C(=O)NCc1ccoc1C(N)=O)[C@@H](CC)N(C=O)OC(=O)C(C)(C)C. The van der Waals surface area contributed by atoms with Crippen LogP contribution < -0.4 is 11.1 Å². The number of nitrogens with one attached hydrogen (secondary N) is 1. The van der Waals surface area contributed by atoms with E-state index in [0.29, 0.717) is 24.8 Å². The summed E-state index contributed by atoms with van der Waals surface area (Å²) in [5, 5.41) is 3.75. The van der Waals surface area contributed by atoms with Crippen molar-refractivity contribution in [2.45, 2.75) is 79.3 Å². The van der Waals surface area contributed by atoms with E-state index in [1.54, 1.807) is 26.8 Å². The molecular formula is C22H35N3O6. The monoisotopic (exact) mass is 437 g/mol. The largest absolute Gasteiger partial charge is 0.459 e. The van der Waals surface area contributed by atoms with E-state index in [-0.39, 0.29) is 18.2 Å². The number of hydrogen-bond acceptors (Lipinski definition) is 6. The van der Waals surface area contributed by atoms with E-state index in [1.165, 1.54) is 6.26 Å². The molecule has 1 aromatic heterocycles. The third-order valence-corrected chi connectivity index (χ3v) is 4.99. The Kier molecular flexibility index (Phi) is 10.2. The molecule has 0 aromatic carbocycles. The maximum atomic E-state index is 13.1. The number of carbonyl (C=O) groups excluding carboxylic acids is 4. The smallest absolute Gasteiger partial charge is 0.337 e. The number of nitrogens with zero attached hydrogens (tertiary/aromatic N) is 1. The first-order valence-corrected chi connectivity index (χ1v) is 10.7. The van der Waals surface area contributed by atoms with Crippen LogP contribution in [0.15, 0.2) is 16.7 Å². The van der Waals surface area contributed by atoms with Crippen LogP contribution in [-0.4, -0.2) is 35.3 Å². The van der Waals surface area contributed by atoms with Gasteiger partial charge in [-0.1, -0.05) is 33.1 Å². The van der Waals surface area contributed by atoms with Gasteiger partial charge in [-0.3, -0.25) is 14.4 Å². The molecular weight excluding hydrogens is 402 g/mol. The number of carbonyl (C=O) groups is 4. The molecule has 0 saturated carbocycles. The zero-order valence-corrected chi connectivity index (χ0v) is 19.1. The van der Waals surface area contributed by atoms with E-state index in [4.69, 9.17) is 15.0 Å². The van der Waals surface area contributed by atoms with Gasteiger partial charge in [0.05, 0.1) is 23.6 Å². The van der Waals surface area contributed by atoms with Crippen molar-refractivity contribution in [3.8, 4) is 0 Å². The summed E-state index contributed by atoms with van der Waals surface area (Å²) in [6, 6.07) is 0.938.